The molecule has 2 heterocycles. The van der Waals surface area contributed by atoms with Crippen LogP contribution in [0.4, 0.5) is 0 Å². The lowest BCUT2D eigenvalue weighted by Gasteiger charge is -2.12. The van der Waals surface area contributed by atoms with E-state index in [0.29, 0.717) is 28.7 Å². The van der Waals surface area contributed by atoms with Gasteiger partial charge in [0.05, 0.1) is 18.4 Å². The largest absolute Gasteiger partial charge is 0.468 e. The number of carbonyl (C=O) groups is 1. The predicted molar refractivity (Wildman–Crippen MR) is 87.3 cm³/mol. The Kier molecular flexibility index (Phi) is 5.28. The molecule has 0 unspecified atom stereocenters. The van der Waals surface area contributed by atoms with Gasteiger partial charge in [0.25, 0.3) is 5.56 Å². The van der Waals surface area contributed by atoms with Gasteiger partial charge in [-0.3, -0.25) is 14.2 Å². The Hall–Kier alpha value is -1.76. The van der Waals surface area contributed by atoms with E-state index in [4.69, 9.17) is 0 Å². The first-order valence-electron chi connectivity index (χ1n) is 7.22. The van der Waals surface area contributed by atoms with E-state index in [2.05, 4.69) is 28.6 Å². The molecule has 22 heavy (non-hydrogen) atoms. The summed E-state index contributed by atoms with van der Waals surface area (Å²) in [6, 6.07) is 1.84. The van der Waals surface area contributed by atoms with E-state index in [-0.39, 0.29) is 17.3 Å². The van der Waals surface area contributed by atoms with Crippen molar-refractivity contribution in [3.05, 3.63) is 22.1 Å². The number of nitrogens with zero attached hydrogens (tertiary/aromatic N) is 2. The number of esters is 1. The maximum Gasteiger partial charge on any atom is 0.316 e. The summed E-state index contributed by atoms with van der Waals surface area (Å²) in [6.45, 7) is 6.69. The average molecular weight is 323 g/mol. The van der Waals surface area contributed by atoms with Crippen molar-refractivity contribution in [3.8, 4) is 0 Å². The third-order valence-electron chi connectivity index (χ3n) is 3.31. The molecule has 0 atom stereocenters. The minimum Gasteiger partial charge on any atom is -0.468 e. The van der Waals surface area contributed by atoms with E-state index in [9.17, 15) is 9.59 Å². The van der Waals surface area contributed by atoms with Crippen molar-refractivity contribution in [1.82, 2.24) is 14.5 Å². The number of hydrogen-bond donors (Lipinski definition) is 1. The van der Waals surface area contributed by atoms with Crippen LogP contribution in [0.1, 0.15) is 26.0 Å². The Bertz CT molecular complexity index is 733. The van der Waals surface area contributed by atoms with Crippen LogP contribution in [0, 0.1) is 12.8 Å². The molecule has 2 rings (SSSR count). The fourth-order valence-corrected chi connectivity index (χ4v) is 2.95. The van der Waals surface area contributed by atoms with Crippen LogP contribution < -0.4 is 5.56 Å². The Morgan fingerprint density at radius 2 is 2.23 bits per heavy atom. The highest BCUT2D eigenvalue weighted by Crippen LogP contribution is 2.19. The Morgan fingerprint density at radius 3 is 2.86 bits per heavy atom. The van der Waals surface area contributed by atoms with Crippen LogP contribution in [0.25, 0.3) is 11.0 Å². The number of methoxy groups -OCH3 is 1. The lowest BCUT2D eigenvalue weighted by Crippen LogP contribution is -2.24. The number of ether oxygens (including phenoxy) is 1. The summed E-state index contributed by atoms with van der Waals surface area (Å²) in [7, 11) is 1.35. The van der Waals surface area contributed by atoms with Gasteiger partial charge in [0.1, 0.15) is 5.52 Å². The molecule has 0 spiro atoms. The van der Waals surface area contributed by atoms with Crippen LogP contribution in [0.2, 0.25) is 0 Å². The second kappa shape index (κ2) is 7.00. The quantitative estimate of drug-likeness (QED) is 0.501. The van der Waals surface area contributed by atoms with E-state index in [1.54, 1.807) is 4.57 Å². The predicted octanol–water partition coefficient (Wildman–Crippen LogP) is 2.34. The maximum atomic E-state index is 12.7. The zero-order valence-corrected chi connectivity index (χ0v) is 14.1. The van der Waals surface area contributed by atoms with Gasteiger partial charge < -0.3 is 9.72 Å². The molecule has 0 aliphatic carbocycles. The number of aromatic amines is 1. The van der Waals surface area contributed by atoms with E-state index in [0.717, 1.165) is 12.1 Å². The molecule has 0 saturated carbocycles. The number of nitrogens with one attached hydrogen (secondary N) is 1. The van der Waals surface area contributed by atoms with Gasteiger partial charge in [-0.25, -0.2) is 4.98 Å². The minimum absolute atomic E-state index is 0.0916. The molecule has 0 aliphatic heterocycles. The number of fused-ring (bicyclic) bond motifs is 1. The van der Waals surface area contributed by atoms with Crippen molar-refractivity contribution in [2.75, 3.05) is 12.9 Å². The van der Waals surface area contributed by atoms with Gasteiger partial charge in [-0.05, 0) is 25.3 Å². The van der Waals surface area contributed by atoms with Crippen LogP contribution >= 0.6 is 11.8 Å². The van der Waals surface area contributed by atoms with Crippen LogP contribution in [0.15, 0.2) is 16.0 Å². The number of H-pyrrole nitrogens is 1. The molecule has 120 valence electrons. The zero-order valence-electron chi connectivity index (χ0n) is 13.3. The normalized spacial score (nSPS) is 11.3. The second-order valence-electron chi connectivity index (χ2n) is 5.61. The van der Waals surface area contributed by atoms with Crippen molar-refractivity contribution in [3.63, 3.8) is 0 Å². The van der Waals surface area contributed by atoms with Gasteiger partial charge in [0.2, 0.25) is 0 Å². The number of aryl methyl sites for hydroxylation is 1. The highest BCUT2D eigenvalue weighted by atomic mass is 32.2. The third kappa shape index (κ3) is 3.71. The van der Waals surface area contributed by atoms with Gasteiger partial charge in [-0.1, -0.05) is 25.6 Å². The molecule has 1 N–H and O–H groups in total. The van der Waals surface area contributed by atoms with Crippen molar-refractivity contribution in [2.45, 2.75) is 38.9 Å². The molecule has 2 aromatic heterocycles. The molecule has 6 nitrogen and oxygen atoms in total. The van der Waals surface area contributed by atoms with Gasteiger partial charge in [0, 0.05) is 12.2 Å². The summed E-state index contributed by atoms with van der Waals surface area (Å²) in [4.78, 5) is 31.6. The SMILES string of the molecule is COC(=O)CSc1nc2cc(C)[nH]c2c(=O)n1CCC(C)C. The fourth-order valence-electron chi connectivity index (χ4n) is 2.09. The summed E-state index contributed by atoms with van der Waals surface area (Å²) < 4.78 is 6.30. The Labute approximate surface area is 133 Å². The number of aromatic nitrogens is 3. The van der Waals surface area contributed by atoms with Crippen molar-refractivity contribution < 1.29 is 9.53 Å². The molecule has 0 saturated heterocycles. The Balaban J connectivity index is 2.42. The lowest BCUT2D eigenvalue weighted by atomic mass is 10.1. The summed E-state index contributed by atoms with van der Waals surface area (Å²) in [5.41, 5.74) is 1.95. The van der Waals surface area contributed by atoms with Gasteiger partial charge in [0.15, 0.2) is 5.16 Å². The standard InChI is InChI=1S/C15H21N3O3S/c1-9(2)5-6-18-14(20)13-11(7-10(3)16-13)17-15(18)22-8-12(19)21-4/h7,9,16H,5-6,8H2,1-4H3. The zero-order chi connectivity index (χ0) is 16.3. The van der Waals surface area contributed by atoms with E-state index < -0.39 is 0 Å². The van der Waals surface area contributed by atoms with Crippen molar-refractivity contribution in [1.29, 1.82) is 0 Å². The number of carbonyl (C=O) groups excluding carboxylic acids is 1. The third-order valence-corrected chi connectivity index (χ3v) is 4.26. The molecule has 7 heteroatoms. The fraction of sp³-hybridized carbons (Fsp3) is 0.533. The number of rotatable bonds is 6. The van der Waals surface area contributed by atoms with Crippen molar-refractivity contribution in [2.24, 2.45) is 5.92 Å². The molecule has 0 aliphatic rings. The lowest BCUT2D eigenvalue weighted by molar-refractivity contribution is -0.137. The first-order chi connectivity index (χ1) is 10.4. The second-order valence-corrected chi connectivity index (χ2v) is 6.55. The summed E-state index contributed by atoms with van der Waals surface area (Å²) in [5, 5.41) is 0.558. The highest BCUT2D eigenvalue weighted by molar-refractivity contribution is 7.99. The molecule has 0 aromatic carbocycles. The van der Waals surface area contributed by atoms with Crippen LogP contribution in [0.5, 0.6) is 0 Å². The molecular weight excluding hydrogens is 302 g/mol. The summed E-state index contributed by atoms with van der Waals surface area (Å²) in [5.74, 6) is 0.283. The molecule has 0 amide bonds. The van der Waals surface area contributed by atoms with Crippen molar-refractivity contribution >= 4 is 28.8 Å². The highest BCUT2D eigenvalue weighted by Gasteiger charge is 2.15. The molecule has 0 radical (unpaired) electrons. The molecular formula is C15H21N3O3S. The maximum absolute atomic E-state index is 12.7. The van der Waals surface area contributed by atoms with Crippen LogP contribution in [-0.4, -0.2) is 33.4 Å². The molecule has 0 fully saturated rings. The number of hydrogen-bond acceptors (Lipinski definition) is 5. The number of thioether (sulfide) groups is 1. The first-order valence-corrected chi connectivity index (χ1v) is 8.20. The Morgan fingerprint density at radius 1 is 1.50 bits per heavy atom. The monoisotopic (exact) mass is 323 g/mol. The summed E-state index contributed by atoms with van der Waals surface area (Å²) in [6.07, 6.45) is 0.874. The van der Waals surface area contributed by atoms with E-state index in [1.165, 1.54) is 18.9 Å². The molecule has 2 aromatic rings. The topological polar surface area (TPSA) is 77.0 Å². The van der Waals surface area contributed by atoms with Gasteiger partial charge in [-0.2, -0.15) is 0 Å². The molecule has 0 bridgehead atoms. The van der Waals surface area contributed by atoms with E-state index in [1.807, 2.05) is 13.0 Å². The van der Waals surface area contributed by atoms with Gasteiger partial charge >= 0.3 is 5.97 Å². The summed E-state index contributed by atoms with van der Waals surface area (Å²) >= 11 is 1.23. The van der Waals surface area contributed by atoms with Crippen LogP contribution in [0.3, 0.4) is 0 Å². The minimum atomic E-state index is -0.333. The van der Waals surface area contributed by atoms with Gasteiger partial charge in [-0.15, -0.1) is 0 Å². The van der Waals surface area contributed by atoms with Crippen LogP contribution in [-0.2, 0) is 16.1 Å². The van der Waals surface area contributed by atoms with E-state index >= 15 is 0 Å². The average Bonchev–Trinajstić information content (AvgIpc) is 2.84. The smallest absolute Gasteiger partial charge is 0.316 e. The first kappa shape index (κ1) is 16.6.